The van der Waals surface area contributed by atoms with Crippen LogP contribution in [0.15, 0.2) is 41.2 Å². The van der Waals surface area contributed by atoms with Crippen molar-refractivity contribution in [2.75, 3.05) is 0 Å². The van der Waals surface area contributed by atoms with Gasteiger partial charge in [0.05, 0.1) is 0 Å². The molecule has 0 aliphatic rings. The fourth-order valence-corrected chi connectivity index (χ4v) is 2.37. The minimum absolute atomic E-state index is 0.233. The number of rotatable bonds is 5. The quantitative estimate of drug-likeness (QED) is 0.860. The van der Waals surface area contributed by atoms with E-state index in [9.17, 15) is 0 Å². The van der Waals surface area contributed by atoms with Crippen LogP contribution in [0.25, 0.3) is 0 Å². The lowest BCUT2D eigenvalue weighted by molar-refractivity contribution is 0.606. The maximum Gasteiger partial charge on any atom is 0.0404 e. The molecule has 2 aromatic heterocycles. The zero-order valence-electron chi connectivity index (χ0n) is 9.17. The van der Waals surface area contributed by atoms with Crippen molar-refractivity contribution in [1.82, 2.24) is 4.98 Å². The van der Waals surface area contributed by atoms with Crippen molar-refractivity contribution in [3.05, 3.63) is 52.5 Å². The van der Waals surface area contributed by atoms with Crippen LogP contribution in [0.2, 0.25) is 0 Å². The maximum atomic E-state index is 6.09. The van der Waals surface area contributed by atoms with Crippen molar-refractivity contribution in [2.45, 2.75) is 25.3 Å². The summed E-state index contributed by atoms with van der Waals surface area (Å²) in [6.07, 6.45) is 4.76. The summed E-state index contributed by atoms with van der Waals surface area (Å²) in [4.78, 5) is 4.29. The Bertz CT molecular complexity index is 397. The third kappa shape index (κ3) is 3.43. The molecule has 0 aliphatic carbocycles. The van der Waals surface area contributed by atoms with Gasteiger partial charge in [0, 0.05) is 17.9 Å². The van der Waals surface area contributed by atoms with Gasteiger partial charge in [-0.25, -0.2) is 0 Å². The van der Waals surface area contributed by atoms with Crippen LogP contribution in [0.1, 0.15) is 17.7 Å². The van der Waals surface area contributed by atoms with E-state index >= 15 is 0 Å². The lowest BCUT2D eigenvalue weighted by Gasteiger charge is -2.09. The molecule has 2 nitrogen and oxygen atoms in total. The van der Waals surface area contributed by atoms with Crippen LogP contribution >= 0.6 is 11.3 Å². The van der Waals surface area contributed by atoms with Gasteiger partial charge in [-0.3, -0.25) is 4.98 Å². The van der Waals surface area contributed by atoms with Gasteiger partial charge in [0.2, 0.25) is 0 Å². The number of pyridine rings is 1. The van der Waals surface area contributed by atoms with Crippen molar-refractivity contribution >= 4 is 11.3 Å². The Balaban J connectivity index is 1.78. The second-order valence-corrected chi connectivity index (χ2v) is 4.74. The van der Waals surface area contributed by atoms with Crippen molar-refractivity contribution in [3.63, 3.8) is 0 Å². The summed E-state index contributed by atoms with van der Waals surface area (Å²) >= 11 is 1.73. The van der Waals surface area contributed by atoms with E-state index in [1.807, 2.05) is 18.3 Å². The molecule has 2 aromatic rings. The predicted molar refractivity (Wildman–Crippen MR) is 68.6 cm³/mol. The molecule has 0 aromatic carbocycles. The first-order valence-electron chi connectivity index (χ1n) is 5.51. The normalized spacial score (nSPS) is 12.6. The van der Waals surface area contributed by atoms with Crippen LogP contribution in [0, 0.1) is 0 Å². The van der Waals surface area contributed by atoms with E-state index in [0.717, 1.165) is 25.0 Å². The van der Waals surface area contributed by atoms with Crippen LogP contribution in [-0.2, 0) is 12.8 Å². The van der Waals surface area contributed by atoms with Gasteiger partial charge in [0.1, 0.15) is 0 Å². The number of aryl methyl sites for hydroxylation is 1. The summed E-state index contributed by atoms with van der Waals surface area (Å²) in [5.74, 6) is 0. The van der Waals surface area contributed by atoms with Crippen LogP contribution in [0.4, 0.5) is 0 Å². The molecular formula is C13H16N2S. The van der Waals surface area contributed by atoms with Crippen LogP contribution in [-0.4, -0.2) is 11.0 Å². The first kappa shape index (κ1) is 11.3. The number of hydrogen-bond donors (Lipinski definition) is 1. The number of nitrogens with two attached hydrogens (primary N) is 1. The lowest BCUT2D eigenvalue weighted by atomic mass is 10.0. The summed E-state index contributed by atoms with van der Waals surface area (Å²) in [5.41, 5.74) is 8.56. The van der Waals surface area contributed by atoms with Crippen LogP contribution in [0.3, 0.4) is 0 Å². The molecule has 0 fully saturated rings. The highest BCUT2D eigenvalue weighted by Crippen LogP contribution is 2.10. The smallest absolute Gasteiger partial charge is 0.0404 e. The van der Waals surface area contributed by atoms with Crippen molar-refractivity contribution < 1.29 is 0 Å². The van der Waals surface area contributed by atoms with Gasteiger partial charge in [0.15, 0.2) is 0 Å². The molecule has 2 heterocycles. The van der Waals surface area contributed by atoms with Gasteiger partial charge in [-0.15, -0.1) is 0 Å². The summed E-state index contributed by atoms with van der Waals surface area (Å²) < 4.78 is 0. The molecule has 3 heteroatoms. The van der Waals surface area contributed by atoms with E-state index in [1.54, 1.807) is 11.3 Å². The second-order valence-electron chi connectivity index (χ2n) is 3.96. The minimum atomic E-state index is 0.233. The summed E-state index contributed by atoms with van der Waals surface area (Å²) in [6, 6.07) is 8.39. The molecule has 84 valence electrons. The Morgan fingerprint density at radius 3 is 2.94 bits per heavy atom. The molecule has 0 saturated carbocycles. The van der Waals surface area contributed by atoms with Gasteiger partial charge in [-0.2, -0.15) is 11.3 Å². The zero-order chi connectivity index (χ0) is 11.2. The standard InChI is InChI=1S/C13H16N2S/c14-12(9-11-6-8-16-10-11)4-5-13-3-1-2-7-15-13/h1-3,6-8,10,12H,4-5,9,14H2. The van der Waals surface area contributed by atoms with Gasteiger partial charge in [-0.05, 0) is 53.8 Å². The fourth-order valence-electron chi connectivity index (χ4n) is 1.69. The third-order valence-electron chi connectivity index (χ3n) is 2.58. The Morgan fingerprint density at radius 1 is 1.31 bits per heavy atom. The monoisotopic (exact) mass is 232 g/mol. The first-order valence-corrected chi connectivity index (χ1v) is 6.45. The highest BCUT2D eigenvalue weighted by Gasteiger charge is 2.05. The third-order valence-corrected chi connectivity index (χ3v) is 3.31. The molecule has 0 bridgehead atoms. The maximum absolute atomic E-state index is 6.09. The minimum Gasteiger partial charge on any atom is -0.327 e. The summed E-state index contributed by atoms with van der Waals surface area (Å²) in [6.45, 7) is 0. The largest absolute Gasteiger partial charge is 0.327 e. The second kappa shape index (κ2) is 5.77. The van der Waals surface area contributed by atoms with Crippen molar-refractivity contribution in [2.24, 2.45) is 5.73 Å². The van der Waals surface area contributed by atoms with Crippen molar-refractivity contribution in [1.29, 1.82) is 0 Å². The predicted octanol–water partition coefficient (Wildman–Crippen LogP) is 2.65. The first-order chi connectivity index (χ1) is 7.84. The molecule has 2 N–H and O–H groups in total. The topological polar surface area (TPSA) is 38.9 Å². The molecule has 0 saturated heterocycles. The van der Waals surface area contributed by atoms with E-state index < -0.39 is 0 Å². The Morgan fingerprint density at radius 2 is 2.25 bits per heavy atom. The molecule has 0 amide bonds. The molecular weight excluding hydrogens is 216 g/mol. The fraction of sp³-hybridized carbons (Fsp3) is 0.308. The average molecular weight is 232 g/mol. The Hall–Kier alpha value is -1.19. The molecule has 1 atom stereocenters. The SMILES string of the molecule is NC(CCc1ccccn1)Cc1ccsc1. The van der Waals surface area contributed by atoms with Crippen molar-refractivity contribution in [3.8, 4) is 0 Å². The molecule has 0 radical (unpaired) electrons. The Kier molecular flexibility index (Phi) is 4.08. The highest BCUT2D eigenvalue weighted by molar-refractivity contribution is 7.07. The van der Waals surface area contributed by atoms with Gasteiger partial charge in [0.25, 0.3) is 0 Å². The average Bonchev–Trinajstić information content (AvgIpc) is 2.81. The number of nitrogens with zero attached hydrogens (tertiary/aromatic N) is 1. The summed E-state index contributed by atoms with van der Waals surface area (Å²) in [7, 11) is 0. The highest BCUT2D eigenvalue weighted by atomic mass is 32.1. The zero-order valence-corrected chi connectivity index (χ0v) is 9.99. The van der Waals surface area contributed by atoms with E-state index in [0.29, 0.717) is 0 Å². The summed E-state index contributed by atoms with van der Waals surface area (Å²) in [5, 5.41) is 4.27. The van der Waals surface area contributed by atoms with Crippen LogP contribution in [0.5, 0.6) is 0 Å². The molecule has 1 unspecified atom stereocenters. The van der Waals surface area contributed by atoms with E-state index in [2.05, 4.69) is 27.9 Å². The molecule has 0 aliphatic heterocycles. The van der Waals surface area contributed by atoms with E-state index in [4.69, 9.17) is 5.73 Å². The molecule has 16 heavy (non-hydrogen) atoms. The number of aromatic nitrogens is 1. The Labute approximate surface area is 100 Å². The number of hydrogen-bond acceptors (Lipinski definition) is 3. The van der Waals surface area contributed by atoms with Crippen LogP contribution < -0.4 is 5.73 Å². The van der Waals surface area contributed by atoms with E-state index in [-0.39, 0.29) is 6.04 Å². The molecule has 2 rings (SSSR count). The number of thiophene rings is 1. The van der Waals surface area contributed by atoms with Gasteiger partial charge in [-0.1, -0.05) is 6.07 Å². The van der Waals surface area contributed by atoms with E-state index in [1.165, 1.54) is 5.56 Å². The molecule has 0 spiro atoms. The van der Waals surface area contributed by atoms with Gasteiger partial charge >= 0.3 is 0 Å². The van der Waals surface area contributed by atoms with Gasteiger partial charge < -0.3 is 5.73 Å². The lowest BCUT2D eigenvalue weighted by Crippen LogP contribution is -2.23.